The van der Waals surface area contributed by atoms with Crippen LogP contribution in [0.2, 0.25) is 0 Å². The lowest BCUT2D eigenvalue weighted by Crippen LogP contribution is -2.06. The van der Waals surface area contributed by atoms with Gasteiger partial charge in [-0.05, 0) is 31.5 Å². The Morgan fingerprint density at radius 3 is 2.65 bits per heavy atom. The number of fused-ring (bicyclic) bond motifs is 3. The number of nitrogens with two attached hydrogens (primary N) is 1. The summed E-state index contributed by atoms with van der Waals surface area (Å²) in [6.07, 6.45) is -0.0156. The number of aryl methyl sites for hydroxylation is 1. The summed E-state index contributed by atoms with van der Waals surface area (Å²) in [6.45, 7) is 1.04. The molecule has 3 aromatic rings. The minimum absolute atomic E-state index is 0.0976. The molecule has 0 amide bonds. The molecule has 2 heterocycles. The third-order valence-corrected chi connectivity index (χ3v) is 3.89. The van der Waals surface area contributed by atoms with Crippen LogP contribution in [0.1, 0.15) is 18.4 Å². The van der Waals surface area contributed by atoms with Gasteiger partial charge in [-0.2, -0.15) is 13.2 Å². The molecule has 23 heavy (non-hydrogen) atoms. The van der Waals surface area contributed by atoms with Crippen molar-refractivity contribution in [2.75, 3.05) is 6.54 Å². The van der Waals surface area contributed by atoms with Gasteiger partial charge in [0, 0.05) is 29.6 Å². The minimum Gasteiger partial charge on any atom is -0.508 e. The molecule has 0 atom stereocenters. The summed E-state index contributed by atoms with van der Waals surface area (Å²) < 4.78 is 41.9. The number of halogens is 3. The zero-order valence-corrected chi connectivity index (χ0v) is 12.3. The van der Waals surface area contributed by atoms with Crippen molar-refractivity contribution in [1.29, 1.82) is 0 Å². The van der Waals surface area contributed by atoms with E-state index in [1.165, 1.54) is 12.3 Å². The average Bonchev–Trinajstić information content (AvgIpc) is 2.80. The predicted molar refractivity (Wildman–Crippen MR) is 82.2 cm³/mol. The molecule has 4 nitrogen and oxygen atoms in total. The fourth-order valence-corrected chi connectivity index (χ4v) is 2.93. The largest absolute Gasteiger partial charge is 0.508 e. The van der Waals surface area contributed by atoms with E-state index in [2.05, 4.69) is 4.98 Å². The zero-order valence-electron chi connectivity index (χ0n) is 12.3. The van der Waals surface area contributed by atoms with Crippen molar-refractivity contribution in [2.24, 2.45) is 5.73 Å². The molecule has 0 aliphatic heterocycles. The van der Waals surface area contributed by atoms with Crippen LogP contribution < -0.4 is 5.73 Å². The van der Waals surface area contributed by atoms with Gasteiger partial charge in [-0.1, -0.05) is 0 Å². The Morgan fingerprint density at radius 2 is 1.96 bits per heavy atom. The lowest BCUT2D eigenvalue weighted by atomic mass is 10.1. The second-order valence-electron chi connectivity index (χ2n) is 5.43. The van der Waals surface area contributed by atoms with E-state index >= 15 is 0 Å². The molecule has 0 saturated heterocycles. The standard InChI is InChI=1S/C16H16F3N3O/c17-16(18,19)12-7-10(23)8-13-15(12)11-3-5-21-9-14(11)22(13)6-2-1-4-20/h3,5,7-9,23H,1-2,4,6,20H2. The first-order chi connectivity index (χ1) is 10.9. The number of rotatable bonds is 4. The molecule has 0 radical (unpaired) electrons. The molecule has 0 unspecified atom stereocenters. The molecule has 0 bridgehead atoms. The second-order valence-corrected chi connectivity index (χ2v) is 5.43. The fourth-order valence-electron chi connectivity index (χ4n) is 2.93. The van der Waals surface area contributed by atoms with Crippen molar-refractivity contribution in [3.05, 3.63) is 36.2 Å². The number of benzene rings is 1. The van der Waals surface area contributed by atoms with Gasteiger partial charge < -0.3 is 15.4 Å². The van der Waals surface area contributed by atoms with E-state index in [0.29, 0.717) is 29.5 Å². The van der Waals surface area contributed by atoms with Gasteiger partial charge >= 0.3 is 6.18 Å². The molecule has 1 aromatic carbocycles. The Labute approximate surface area is 130 Å². The summed E-state index contributed by atoms with van der Waals surface area (Å²) in [5, 5.41) is 10.3. The van der Waals surface area contributed by atoms with Crippen molar-refractivity contribution in [3.63, 3.8) is 0 Å². The van der Waals surface area contributed by atoms with Gasteiger partial charge in [0.2, 0.25) is 0 Å². The van der Waals surface area contributed by atoms with Crippen LogP contribution in [0, 0.1) is 0 Å². The number of phenolic OH excluding ortho intramolecular Hbond substituents is 1. The third-order valence-electron chi connectivity index (χ3n) is 3.89. The van der Waals surface area contributed by atoms with Crippen LogP contribution in [0.15, 0.2) is 30.6 Å². The van der Waals surface area contributed by atoms with Crippen molar-refractivity contribution < 1.29 is 18.3 Å². The molecule has 2 aromatic heterocycles. The maximum Gasteiger partial charge on any atom is 0.417 e. The van der Waals surface area contributed by atoms with Crippen LogP contribution in [0.4, 0.5) is 13.2 Å². The van der Waals surface area contributed by atoms with E-state index in [4.69, 9.17) is 5.73 Å². The number of aromatic hydroxyl groups is 1. The van der Waals surface area contributed by atoms with Crippen molar-refractivity contribution >= 4 is 21.8 Å². The van der Waals surface area contributed by atoms with Crippen molar-refractivity contribution in [2.45, 2.75) is 25.6 Å². The van der Waals surface area contributed by atoms with Crippen LogP contribution in [-0.4, -0.2) is 21.2 Å². The minimum atomic E-state index is -4.55. The monoisotopic (exact) mass is 323 g/mol. The van der Waals surface area contributed by atoms with Crippen LogP contribution in [0.3, 0.4) is 0 Å². The molecule has 0 aliphatic carbocycles. The number of aromatic nitrogens is 2. The van der Waals surface area contributed by atoms with E-state index in [0.717, 1.165) is 18.9 Å². The normalized spacial score (nSPS) is 12.3. The van der Waals surface area contributed by atoms with Crippen LogP contribution in [-0.2, 0) is 12.7 Å². The Kier molecular flexibility index (Phi) is 3.89. The Morgan fingerprint density at radius 1 is 1.17 bits per heavy atom. The number of alkyl halides is 3. The quantitative estimate of drug-likeness (QED) is 0.720. The molecule has 0 fully saturated rings. The summed E-state index contributed by atoms with van der Waals surface area (Å²) in [4.78, 5) is 4.02. The highest BCUT2D eigenvalue weighted by Gasteiger charge is 2.35. The van der Waals surface area contributed by atoms with E-state index < -0.39 is 17.5 Å². The van der Waals surface area contributed by atoms with E-state index in [-0.39, 0.29) is 5.39 Å². The summed E-state index contributed by atoms with van der Waals surface area (Å²) in [6, 6.07) is 3.71. The highest BCUT2D eigenvalue weighted by Crippen LogP contribution is 2.41. The van der Waals surface area contributed by atoms with Crippen LogP contribution in [0.5, 0.6) is 5.75 Å². The number of hydrogen-bond acceptors (Lipinski definition) is 3. The summed E-state index contributed by atoms with van der Waals surface area (Å²) in [5.74, 6) is -0.402. The predicted octanol–water partition coefficient (Wildman–Crippen LogP) is 3.65. The molecule has 0 spiro atoms. The smallest absolute Gasteiger partial charge is 0.417 e. The van der Waals surface area contributed by atoms with Crippen LogP contribution in [0.25, 0.3) is 21.8 Å². The molecular formula is C16H16F3N3O. The molecule has 0 saturated carbocycles. The SMILES string of the molecule is NCCCCn1c2cnccc2c2c(C(F)(F)F)cc(O)cc21. The van der Waals surface area contributed by atoms with Gasteiger partial charge in [0.05, 0.1) is 22.8 Å². The van der Waals surface area contributed by atoms with E-state index in [1.807, 2.05) is 0 Å². The zero-order chi connectivity index (χ0) is 16.6. The first kappa shape index (κ1) is 15.6. The fraction of sp³-hybridized carbons (Fsp3) is 0.312. The number of unbranched alkanes of at least 4 members (excludes halogenated alkanes) is 1. The second kappa shape index (κ2) is 5.73. The first-order valence-corrected chi connectivity index (χ1v) is 7.29. The Hall–Kier alpha value is -2.28. The molecule has 0 aliphatic rings. The highest BCUT2D eigenvalue weighted by molar-refractivity contribution is 6.10. The van der Waals surface area contributed by atoms with Gasteiger partial charge in [-0.25, -0.2) is 0 Å². The summed E-state index contributed by atoms with van der Waals surface area (Å²) in [7, 11) is 0. The lowest BCUT2D eigenvalue weighted by molar-refractivity contribution is -0.136. The van der Waals surface area contributed by atoms with Gasteiger partial charge in [-0.15, -0.1) is 0 Å². The average molecular weight is 323 g/mol. The lowest BCUT2D eigenvalue weighted by Gasteiger charge is -2.11. The molecular weight excluding hydrogens is 307 g/mol. The van der Waals surface area contributed by atoms with Gasteiger partial charge in [0.1, 0.15) is 5.75 Å². The topological polar surface area (TPSA) is 64.1 Å². The first-order valence-electron chi connectivity index (χ1n) is 7.29. The van der Waals surface area contributed by atoms with Gasteiger partial charge in [0.25, 0.3) is 0 Å². The molecule has 3 N–H and O–H groups in total. The Balaban J connectivity index is 2.35. The summed E-state index contributed by atoms with van der Waals surface area (Å²) >= 11 is 0. The molecule has 3 rings (SSSR count). The maximum atomic E-state index is 13.4. The molecule has 122 valence electrons. The number of hydrogen-bond donors (Lipinski definition) is 2. The Bertz CT molecular complexity index is 855. The van der Waals surface area contributed by atoms with Crippen molar-refractivity contribution in [1.82, 2.24) is 9.55 Å². The highest BCUT2D eigenvalue weighted by atomic mass is 19.4. The summed E-state index contributed by atoms with van der Waals surface area (Å²) in [5.41, 5.74) is 5.64. The van der Waals surface area contributed by atoms with Gasteiger partial charge in [0.15, 0.2) is 0 Å². The number of phenols is 1. The number of pyridine rings is 1. The van der Waals surface area contributed by atoms with Gasteiger partial charge in [-0.3, -0.25) is 4.98 Å². The maximum absolute atomic E-state index is 13.4. The van der Waals surface area contributed by atoms with Crippen molar-refractivity contribution in [3.8, 4) is 5.75 Å². The van der Waals surface area contributed by atoms with Crippen LogP contribution >= 0.6 is 0 Å². The van der Waals surface area contributed by atoms with E-state index in [9.17, 15) is 18.3 Å². The molecule has 7 heteroatoms. The third kappa shape index (κ3) is 2.72. The van der Waals surface area contributed by atoms with E-state index in [1.54, 1.807) is 16.8 Å². The number of nitrogens with zero attached hydrogens (tertiary/aromatic N) is 2.